The molecule has 0 saturated heterocycles. The molecule has 1 unspecified atom stereocenters. The van der Waals surface area contributed by atoms with Crippen molar-refractivity contribution in [2.75, 3.05) is 14.2 Å². The number of nitrogens with zero attached hydrogens (tertiary/aromatic N) is 1. The third-order valence-corrected chi connectivity index (χ3v) is 5.05. The van der Waals surface area contributed by atoms with E-state index >= 15 is 0 Å². The number of thiazole rings is 1. The van der Waals surface area contributed by atoms with Crippen LogP contribution in [0, 0.1) is 6.92 Å². The Labute approximate surface area is 171 Å². The summed E-state index contributed by atoms with van der Waals surface area (Å²) in [6.45, 7) is 2.15. The molecule has 1 heterocycles. The van der Waals surface area contributed by atoms with Crippen molar-refractivity contribution in [2.45, 2.75) is 19.8 Å². The second-order valence-corrected chi connectivity index (χ2v) is 7.09. The van der Waals surface area contributed by atoms with E-state index in [1.807, 2.05) is 31.2 Å². The Morgan fingerprint density at radius 1 is 1.14 bits per heavy atom. The van der Waals surface area contributed by atoms with Gasteiger partial charge in [-0.05, 0) is 42.8 Å². The number of para-hydroxylation sites is 1. The first-order valence-corrected chi connectivity index (χ1v) is 9.48. The van der Waals surface area contributed by atoms with Crippen molar-refractivity contribution >= 4 is 33.8 Å². The molecule has 0 fully saturated rings. The molecule has 1 amide bonds. The van der Waals surface area contributed by atoms with Crippen LogP contribution in [0.1, 0.15) is 22.4 Å². The van der Waals surface area contributed by atoms with Crippen LogP contribution in [-0.4, -0.2) is 31.5 Å². The van der Waals surface area contributed by atoms with Gasteiger partial charge in [0.2, 0.25) is 6.23 Å². The maximum atomic E-state index is 11.6. The highest BCUT2D eigenvalue weighted by molar-refractivity contribution is 7.18. The number of nitrogens with one attached hydrogen (secondary N) is 1. The topological polar surface area (TPSA) is 96.0 Å². The number of carbonyl (C=O) groups is 2. The first kappa shape index (κ1) is 20.4. The van der Waals surface area contributed by atoms with Gasteiger partial charge in [-0.1, -0.05) is 12.1 Å². The number of ether oxygens (including phenoxy) is 4. The van der Waals surface area contributed by atoms with Crippen LogP contribution in [0.2, 0.25) is 0 Å². The first-order chi connectivity index (χ1) is 14.0. The quantitative estimate of drug-likeness (QED) is 0.472. The van der Waals surface area contributed by atoms with E-state index in [9.17, 15) is 9.59 Å². The van der Waals surface area contributed by atoms with Crippen LogP contribution < -0.4 is 10.1 Å². The highest BCUT2D eigenvalue weighted by Crippen LogP contribution is 2.26. The van der Waals surface area contributed by atoms with Gasteiger partial charge in [-0.15, -0.1) is 11.3 Å². The number of fused-ring (bicyclic) bond motifs is 1. The van der Waals surface area contributed by atoms with Crippen LogP contribution in [0.3, 0.4) is 0 Å². The maximum Gasteiger partial charge on any atom is 0.510 e. The summed E-state index contributed by atoms with van der Waals surface area (Å²) in [6.07, 6.45) is -2.73. The normalized spacial score (nSPS) is 11.6. The molecule has 0 saturated carbocycles. The molecule has 1 N–H and O–H groups in total. The minimum absolute atomic E-state index is 0.334. The van der Waals surface area contributed by atoms with Crippen molar-refractivity contribution in [3.63, 3.8) is 0 Å². The molecule has 8 nitrogen and oxygen atoms in total. The summed E-state index contributed by atoms with van der Waals surface area (Å²) >= 11 is 1.58. The lowest BCUT2D eigenvalue weighted by molar-refractivity contribution is 0.0226. The molecule has 0 spiro atoms. The molecule has 0 aliphatic heterocycles. The summed E-state index contributed by atoms with van der Waals surface area (Å²) in [5.74, 6) is 0.625. The number of amides is 1. The Morgan fingerprint density at radius 2 is 1.93 bits per heavy atom. The molecule has 0 aliphatic carbocycles. The Balaban J connectivity index is 1.72. The van der Waals surface area contributed by atoms with Crippen molar-refractivity contribution in [3.8, 4) is 5.75 Å². The summed E-state index contributed by atoms with van der Waals surface area (Å²) in [4.78, 5) is 27.6. The molecule has 0 bridgehead atoms. The van der Waals surface area contributed by atoms with Gasteiger partial charge in [0.1, 0.15) is 17.4 Å². The van der Waals surface area contributed by atoms with Gasteiger partial charge in [0.15, 0.2) is 0 Å². The van der Waals surface area contributed by atoms with Crippen molar-refractivity contribution in [1.82, 2.24) is 10.3 Å². The number of alkyl carbamates (subject to hydrolysis) is 1. The number of hydrogen-bond acceptors (Lipinski definition) is 8. The SMILES string of the molecule is COC(=O)NC(OC(=O)OC)c1ccc(OCc2nc3ccccc3s2)cc1C. The Morgan fingerprint density at radius 3 is 2.62 bits per heavy atom. The van der Waals surface area contributed by atoms with E-state index in [-0.39, 0.29) is 0 Å². The molecule has 0 aliphatic rings. The molecule has 29 heavy (non-hydrogen) atoms. The molecule has 1 atom stereocenters. The van der Waals surface area contributed by atoms with Gasteiger partial charge >= 0.3 is 12.2 Å². The van der Waals surface area contributed by atoms with E-state index in [2.05, 4.69) is 19.8 Å². The number of methoxy groups -OCH3 is 2. The van der Waals surface area contributed by atoms with Crippen LogP contribution in [0.4, 0.5) is 9.59 Å². The molecule has 152 valence electrons. The molecular weight excluding hydrogens is 396 g/mol. The molecule has 2 aromatic carbocycles. The molecule has 0 radical (unpaired) electrons. The fourth-order valence-electron chi connectivity index (χ4n) is 2.64. The predicted octanol–water partition coefficient (Wildman–Crippen LogP) is 4.32. The molecule has 9 heteroatoms. The first-order valence-electron chi connectivity index (χ1n) is 8.67. The van der Waals surface area contributed by atoms with Gasteiger partial charge in [-0.25, -0.2) is 14.6 Å². The second kappa shape index (κ2) is 9.24. The Kier molecular flexibility index (Phi) is 6.50. The van der Waals surface area contributed by atoms with E-state index in [4.69, 9.17) is 9.47 Å². The van der Waals surface area contributed by atoms with Gasteiger partial charge in [-0.3, -0.25) is 5.32 Å². The van der Waals surface area contributed by atoms with Crippen molar-refractivity contribution < 1.29 is 28.5 Å². The van der Waals surface area contributed by atoms with Gasteiger partial charge in [0, 0.05) is 5.56 Å². The maximum absolute atomic E-state index is 11.6. The molecule has 3 aromatic rings. The van der Waals surface area contributed by atoms with Crippen LogP contribution in [0.25, 0.3) is 10.2 Å². The predicted molar refractivity (Wildman–Crippen MR) is 107 cm³/mol. The number of aromatic nitrogens is 1. The zero-order valence-corrected chi connectivity index (χ0v) is 16.9. The monoisotopic (exact) mass is 416 g/mol. The standard InChI is InChI=1S/C20H20N2O6S/c1-12-10-13(27-11-17-21-15-6-4-5-7-16(15)29-17)8-9-14(12)18(22-19(23)25-2)28-20(24)26-3/h4-10,18H,11H2,1-3H3,(H,22,23). The number of hydrogen-bond donors (Lipinski definition) is 1. The van der Waals surface area contributed by atoms with Gasteiger partial charge in [0.05, 0.1) is 24.4 Å². The average molecular weight is 416 g/mol. The van der Waals surface area contributed by atoms with Gasteiger partial charge in [0.25, 0.3) is 0 Å². The third-order valence-electron chi connectivity index (χ3n) is 4.04. The van der Waals surface area contributed by atoms with E-state index < -0.39 is 18.5 Å². The minimum atomic E-state index is -1.06. The summed E-state index contributed by atoms with van der Waals surface area (Å²) in [5, 5.41) is 3.32. The lowest BCUT2D eigenvalue weighted by atomic mass is 10.1. The van der Waals surface area contributed by atoms with E-state index in [1.165, 1.54) is 14.2 Å². The summed E-state index contributed by atoms with van der Waals surface area (Å²) in [5.41, 5.74) is 2.25. The van der Waals surface area contributed by atoms with E-state index in [1.54, 1.807) is 29.5 Å². The van der Waals surface area contributed by atoms with Crippen LogP contribution in [-0.2, 0) is 20.8 Å². The average Bonchev–Trinajstić information content (AvgIpc) is 3.14. The molecule has 3 rings (SSSR count). The number of benzene rings is 2. The number of aryl methyl sites for hydroxylation is 1. The summed E-state index contributed by atoms with van der Waals surface area (Å²) in [6, 6.07) is 13.1. The van der Waals surface area contributed by atoms with Crippen LogP contribution in [0.15, 0.2) is 42.5 Å². The second-order valence-electron chi connectivity index (χ2n) is 5.97. The lowest BCUT2D eigenvalue weighted by Gasteiger charge is -2.20. The fourth-order valence-corrected chi connectivity index (χ4v) is 3.52. The zero-order chi connectivity index (χ0) is 20.8. The molecular formula is C20H20N2O6S. The van der Waals surface area contributed by atoms with Crippen molar-refractivity contribution in [2.24, 2.45) is 0 Å². The van der Waals surface area contributed by atoms with Crippen molar-refractivity contribution in [3.05, 3.63) is 58.6 Å². The van der Waals surface area contributed by atoms with Gasteiger partial charge < -0.3 is 18.9 Å². The minimum Gasteiger partial charge on any atom is -0.486 e. The smallest absolute Gasteiger partial charge is 0.486 e. The number of carbonyl (C=O) groups excluding carboxylic acids is 2. The Bertz CT molecular complexity index is 968. The Hall–Kier alpha value is -3.33. The summed E-state index contributed by atoms with van der Waals surface area (Å²) in [7, 11) is 2.40. The van der Waals surface area contributed by atoms with E-state index in [0.717, 1.165) is 20.8 Å². The zero-order valence-electron chi connectivity index (χ0n) is 16.1. The largest absolute Gasteiger partial charge is 0.510 e. The number of rotatable bonds is 6. The van der Waals surface area contributed by atoms with Gasteiger partial charge in [-0.2, -0.15) is 0 Å². The van der Waals surface area contributed by atoms with Crippen LogP contribution >= 0.6 is 11.3 Å². The molecule has 1 aromatic heterocycles. The lowest BCUT2D eigenvalue weighted by Crippen LogP contribution is -2.32. The fraction of sp³-hybridized carbons (Fsp3) is 0.250. The highest BCUT2D eigenvalue weighted by Gasteiger charge is 2.22. The summed E-state index contributed by atoms with van der Waals surface area (Å²) < 4.78 is 21.2. The third kappa shape index (κ3) is 5.14. The van der Waals surface area contributed by atoms with E-state index in [0.29, 0.717) is 17.9 Å². The van der Waals surface area contributed by atoms with Crippen molar-refractivity contribution in [1.29, 1.82) is 0 Å². The highest BCUT2D eigenvalue weighted by atomic mass is 32.1. The van der Waals surface area contributed by atoms with Crippen LogP contribution in [0.5, 0.6) is 5.75 Å².